The van der Waals surface area contributed by atoms with Crippen molar-refractivity contribution in [3.8, 4) is 11.8 Å². The van der Waals surface area contributed by atoms with Crippen molar-refractivity contribution >= 4 is 5.82 Å². The van der Waals surface area contributed by atoms with Gasteiger partial charge in [0.05, 0.1) is 18.3 Å². The first kappa shape index (κ1) is 20.0. The Morgan fingerprint density at radius 2 is 1.85 bits per heavy atom. The van der Waals surface area contributed by atoms with Gasteiger partial charge in [-0.15, -0.1) is 0 Å². The van der Waals surface area contributed by atoms with Gasteiger partial charge in [0.1, 0.15) is 12.9 Å². The summed E-state index contributed by atoms with van der Waals surface area (Å²) in [6.07, 6.45) is 3.95. The molecule has 0 amide bonds. The highest BCUT2D eigenvalue weighted by Crippen LogP contribution is 2.23. The molecule has 2 fully saturated rings. The number of anilines is 1. The maximum Gasteiger partial charge on any atom is 0.187 e. The van der Waals surface area contributed by atoms with Gasteiger partial charge in [-0.25, -0.2) is 14.4 Å². The monoisotopic (exact) mass is 375 g/mol. The van der Waals surface area contributed by atoms with E-state index >= 15 is 0 Å². The van der Waals surface area contributed by atoms with Crippen LogP contribution < -0.4 is 4.90 Å². The average molecular weight is 375 g/mol. The van der Waals surface area contributed by atoms with Crippen LogP contribution >= 0.6 is 0 Å². The van der Waals surface area contributed by atoms with E-state index in [1.54, 1.807) is 0 Å². The number of halogens is 1. The fourth-order valence-electron chi connectivity index (χ4n) is 3.48. The Kier molecular flexibility index (Phi) is 7.39. The lowest BCUT2D eigenvalue weighted by atomic mass is 10.1. The third kappa shape index (κ3) is 5.61. The molecule has 0 N–H and O–H groups in total. The SMILES string of the molecule is CCc1ncnc(N2CCC(OCC#CCN3CCN(C)CC3)CC2)c1F. The van der Waals surface area contributed by atoms with Crippen LogP contribution in [-0.2, 0) is 11.2 Å². The fraction of sp³-hybridized carbons (Fsp3) is 0.700. The van der Waals surface area contributed by atoms with E-state index in [1.807, 2.05) is 11.8 Å². The average Bonchev–Trinajstić information content (AvgIpc) is 2.70. The highest BCUT2D eigenvalue weighted by Gasteiger charge is 2.23. The van der Waals surface area contributed by atoms with Gasteiger partial charge in [-0.3, -0.25) is 4.90 Å². The Labute approximate surface area is 161 Å². The molecule has 0 aromatic carbocycles. The maximum absolute atomic E-state index is 14.4. The van der Waals surface area contributed by atoms with E-state index in [2.05, 4.69) is 38.7 Å². The van der Waals surface area contributed by atoms with Crippen molar-refractivity contribution in [3.63, 3.8) is 0 Å². The van der Waals surface area contributed by atoms with E-state index in [0.29, 0.717) is 24.5 Å². The fourth-order valence-corrected chi connectivity index (χ4v) is 3.48. The number of nitrogens with zero attached hydrogens (tertiary/aromatic N) is 5. The molecular weight excluding hydrogens is 345 g/mol. The Morgan fingerprint density at radius 1 is 1.11 bits per heavy atom. The minimum Gasteiger partial charge on any atom is -0.365 e. The van der Waals surface area contributed by atoms with Gasteiger partial charge in [0.15, 0.2) is 11.6 Å². The van der Waals surface area contributed by atoms with Crippen molar-refractivity contribution in [2.24, 2.45) is 0 Å². The molecular formula is C20H30FN5O. The number of rotatable bonds is 5. The zero-order valence-electron chi connectivity index (χ0n) is 16.5. The summed E-state index contributed by atoms with van der Waals surface area (Å²) in [6, 6.07) is 0. The smallest absolute Gasteiger partial charge is 0.187 e. The second kappa shape index (κ2) is 9.98. The van der Waals surface area contributed by atoms with E-state index in [4.69, 9.17) is 4.74 Å². The molecule has 148 valence electrons. The lowest BCUT2D eigenvalue weighted by Gasteiger charge is -2.32. The van der Waals surface area contributed by atoms with E-state index in [-0.39, 0.29) is 11.9 Å². The van der Waals surface area contributed by atoms with Crippen LogP contribution in [0.15, 0.2) is 6.33 Å². The summed E-state index contributed by atoms with van der Waals surface area (Å²) in [6.45, 7) is 9.09. The summed E-state index contributed by atoms with van der Waals surface area (Å²) in [4.78, 5) is 14.9. The van der Waals surface area contributed by atoms with Crippen molar-refractivity contribution in [3.05, 3.63) is 17.8 Å². The minimum atomic E-state index is -0.283. The van der Waals surface area contributed by atoms with Crippen LogP contribution in [0.2, 0.25) is 0 Å². The van der Waals surface area contributed by atoms with Crippen molar-refractivity contribution < 1.29 is 9.13 Å². The quantitative estimate of drug-likeness (QED) is 0.726. The molecule has 7 heteroatoms. The van der Waals surface area contributed by atoms with Gasteiger partial charge in [-0.05, 0) is 26.3 Å². The van der Waals surface area contributed by atoms with E-state index < -0.39 is 0 Å². The number of ether oxygens (including phenoxy) is 1. The predicted octanol–water partition coefficient (Wildman–Crippen LogP) is 1.41. The third-order valence-corrected chi connectivity index (χ3v) is 5.33. The van der Waals surface area contributed by atoms with Crippen molar-refractivity contribution in [2.75, 3.05) is 64.4 Å². The summed E-state index contributed by atoms with van der Waals surface area (Å²) in [5.41, 5.74) is 0.481. The zero-order chi connectivity index (χ0) is 19.1. The van der Waals surface area contributed by atoms with Crippen LogP contribution in [0.25, 0.3) is 0 Å². The van der Waals surface area contributed by atoms with E-state index in [9.17, 15) is 4.39 Å². The number of hydrogen-bond donors (Lipinski definition) is 0. The van der Waals surface area contributed by atoms with Crippen LogP contribution in [0.5, 0.6) is 0 Å². The first-order valence-electron chi connectivity index (χ1n) is 9.90. The molecule has 0 unspecified atom stereocenters. The van der Waals surface area contributed by atoms with Gasteiger partial charge in [-0.2, -0.15) is 0 Å². The van der Waals surface area contributed by atoms with Crippen LogP contribution in [0.3, 0.4) is 0 Å². The molecule has 3 heterocycles. The van der Waals surface area contributed by atoms with Gasteiger partial charge in [-0.1, -0.05) is 18.8 Å². The Morgan fingerprint density at radius 3 is 2.56 bits per heavy atom. The number of piperazine rings is 1. The number of aromatic nitrogens is 2. The summed E-state index contributed by atoms with van der Waals surface area (Å²) in [7, 11) is 2.16. The molecule has 0 aliphatic carbocycles. The van der Waals surface area contributed by atoms with Crippen molar-refractivity contribution in [1.82, 2.24) is 19.8 Å². The number of aryl methyl sites for hydroxylation is 1. The van der Waals surface area contributed by atoms with E-state index in [0.717, 1.165) is 58.7 Å². The van der Waals surface area contributed by atoms with Gasteiger partial charge in [0.25, 0.3) is 0 Å². The molecule has 2 saturated heterocycles. The number of piperidine rings is 1. The van der Waals surface area contributed by atoms with Crippen LogP contribution in [0.4, 0.5) is 10.2 Å². The first-order valence-corrected chi connectivity index (χ1v) is 9.90. The molecule has 1 aromatic rings. The molecule has 27 heavy (non-hydrogen) atoms. The molecule has 2 aliphatic heterocycles. The minimum absolute atomic E-state index is 0.190. The van der Waals surface area contributed by atoms with Crippen LogP contribution in [0.1, 0.15) is 25.5 Å². The van der Waals surface area contributed by atoms with Crippen LogP contribution in [0, 0.1) is 17.7 Å². The van der Waals surface area contributed by atoms with Crippen LogP contribution in [-0.4, -0.2) is 85.3 Å². The molecule has 6 nitrogen and oxygen atoms in total. The normalized spacial score (nSPS) is 19.7. The first-order chi connectivity index (χ1) is 13.2. The lowest BCUT2D eigenvalue weighted by molar-refractivity contribution is 0.0592. The summed E-state index contributed by atoms with van der Waals surface area (Å²) < 4.78 is 20.3. The molecule has 0 bridgehead atoms. The molecule has 0 saturated carbocycles. The van der Waals surface area contributed by atoms with Crippen molar-refractivity contribution in [2.45, 2.75) is 32.3 Å². The summed E-state index contributed by atoms with van der Waals surface area (Å²) in [5, 5.41) is 0. The maximum atomic E-state index is 14.4. The summed E-state index contributed by atoms with van der Waals surface area (Å²) in [5.74, 6) is 6.50. The number of likely N-dealkylation sites (N-methyl/N-ethyl adjacent to an activating group) is 1. The molecule has 0 radical (unpaired) electrons. The summed E-state index contributed by atoms with van der Waals surface area (Å²) >= 11 is 0. The molecule has 0 atom stereocenters. The second-order valence-electron chi connectivity index (χ2n) is 7.24. The predicted molar refractivity (Wildman–Crippen MR) is 104 cm³/mol. The molecule has 0 spiro atoms. The zero-order valence-corrected chi connectivity index (χ0v) is 16.5. The van der Waals surface area contributed by atoms with Crippen molar-refractivity contribution in [1.29, 1.82) is 0 Å². The number of hydrogen-bond acceptors (Lipinski definition) is 6. The lowest BCUT2D eigenvalue weighted by Crippen LogP contribution is -2.44. The third-order valence-electron chi connectivity index (χ3n) is 5.33. The van der Waals surface area contributed by atoms with E-state index in [1.165, 1.54) is 6.33 Å². The Bertz CT molecular complexity index is 658. The van der Waals surface area contributed by atoms with Gasteiger partial charge >= 0.3 is 0 Å². The van der Waals surface area contributed by atoms with Gasteiger partial charge in [0.2, 0.25) is 0 Å². The molecule has 3 rings (SSSR count). The second-order valence-corrected chi connectivity index (χ2v) is 7.24. The Hall–Kier alpha value is -1.75. The van der Waals surface area contributed by atoms with Gasteiger partial charge < -0.3 is 14.5 Å². The highest BCUT2D eigenvalue weighted by molar-refractivity contribution is 5.41. The molecule has 2 aliphatic rings. The molecule has 1 aromatic heterocycles. The largest absolute Gasteiger partial charge is 0.365 e. The Balaban J connectivity index is 1.37. The topological polar surface area (TPSA) is 44.7 Å². The highest BCUT2D eigenvalue weighted by atomic mass is 19.1. The van der Waals surface area contributed by atoms with Gasteiger partial charge in [0, 0.05) is 39.3 Å². The standard InChI is InChI=1S/C20H30FN5O/c1-3-18-19(21)20(23-16-22-18)26-9-6-17(7-10-26)27-15-5-4-8-25-13-11-24(2)12-14-25/h16-17H,3,6-15H2,1-2H3.